The number of fused-ring (bicyclic) bond motifs is 1. The van der Waals surface area contributed by atoms with E-state index < -0.39 is 10.0 Å². The number of aryl methyl sites for hydroxylation is 1. The summed E-state index contributed by atoms with van der Waals surface area (Å²) in [4.78, 5) is 17.1. The van der Waals surface area contributed by atoms with Crippen molar-refractivity contribution in [1.82, 2.24) is 14.5 Å². The van der Waals surface area contributed by atoms with Gasteiger partial charge in [-0.3, -0.25) is 4.79 Å². The highest BCUT2D eigenvalue weighted by atomic mass is 32.2. The van der Waals surface area contributed by atoms with Crippen molar-refractivity contribution in [3.63, 3.8) is 0 Å². The number of rotatable bonds is 4. The molecule has 1 saturated heterocycles. The molecule has 4 heterocycles. The molecular weight excluding hydrogens is 458 g/mol. The fraction of sp³-hybridized carbons (Fsp3) is 0.348. The Morgan fingerprint density at radius 1 is 1.00 bits per heavy atom. The van der Waals surface area contributed by atoms with Gasteiger partial charge in [0.05, 0.1) is 9.77 Å². The molecule has 0 saturated carbocycles. The third kappa shape index (κ3) is 4.25. The van der Waals surface area contributed by atoms with Crippen LogP contribution in [-0.4, -0.2) is 61.6 Å². The maximum atomic E-state index is 13.3. The molecule has 0 unspecified atom stereocenters. The third-order valence-corrected chi connectivity index (χ3v) is 8.96. The second-order valence-corrected chi connectivity index (χ2v) is 11.1. The standard InChI is InChI=1S/C23H25N5O3S2/c1-17(29)28-10-2-4-18-16-19(6-8-21(18)28)33(30,31)27-13-11-26(12-14-27)23-9-7-20(24-25-23)22-5-3-15-32-22/h3,5-9,15-16H,2,4,10-14H2,1H3. The first-order chi connectivity index (χ1) is 15.9. The van der Waals surface area contributed by atoms with Crippen LogP contribution < -0.4 is 9.80 Å². The second kappa shape index (κ2) is 8.85. The van der Waals surface area contributed by atoms with E-state index in [1.807, 2.05) is 29.6 Å². The summed E-state index contributed by atoms with van der Waals surface area (Å²) in [5.41, 5.74) is 2.57. The van der Waals surface area contributed by atoms with E-state index in [4.69, 9.17) is 0 Å². The summed E-state index contributed by atoms with van der Waals surface area (Å²) in [6.07, 6.45) is 1.61. The highest BCUT2D eigenvalue weighted by Gasteiger charge is 2.30. The molecule has 0 radical (unpaired) electrons. The van der Waals surface area contributed by atoms with Crippen molar-refractivity contribution in [2.24, 2.45) is 0 Å². The van der Waals surface area contributed by atoms with E-state index in [1.165, 1.54) is 4.31 Å². The molecular formula is C23H25N5O3S2. The Kier molecular flexibility index (Phi) is 5.90. The number of anilines is 2. The summed E-state index contributed by atoms with van der Waals surface area (Å²) in [6, 6.07) is 13.0. The first-order valence-corrected chi connectivity index (χ1v) is 13.3. The van der Waals surface area contributed by atoms with E-state index in [9.17, 15) is 13.2 Å². The van der Waals surface area contributed by atoms with Crippen LogP contribution in [-0.2, 0) is 21.2 Å². The van der Waals surface area contributed by atoms with Gasteiger partial charge in [0, 0.05) is 45.3 Å². The lowest BCUT2D eigenvalue weighted by molar-refractivity contribution is -0.116. The molecule has 1 aromatic carbocycles. The molecule has 2 aliphatic rings. The lowest BCUT2D eigenvalue weighted by atomic mass is 10.0. The van der Waals surface area contributed by atoms with Gasteiger partial charge in [0.25, 0.3) is 0 Å². The number of carbonyl (C=O) groups is 1. The molecule has 172 valence electrons. The van der Waals surface area contributed by atoms with Crippen molar-refractivity contribution in [3.05, 3.63) is 53.4 Å². The summed E-state index contributed by atoms with van der Waals surface area (Å²) in [6.45, 7) is 4.08. The maximum Gasteiger partial charge on any atom is 0.243 e. The molecule has 0 spiro atoms. The highest BCUT2D eigenvalue weighted by Crippen LogP contribution is 2.31. The Morgan fingerprint density at radius 3 is 2.48 bits per heavy atom. The number of hydrogen-bond donors (Lipinski definition) is 0. The Hall–Kier alpha value is -2.82. The monoisotopic (exact) mass is 483 g/mol. The average molecular weight is 484 g/mol. The van der Waals surface area contributed by atoms with Crippen LogP contribution >= 0.6 is 11.3 Å². The topological polar surface area (TPSA) is 86.7 Å². The van der Waals surface area contributed by atoms with Crippen LogP contribution in [0.3, 0.4) is 0 Å². The fourth-order valence-corrected chi connectivity index (χ4v) is 6.58. The van der Waals surface area contributed by atoms with Crippen molar-refractivity contribution < 1.29 is 13.2 Å². The van der Waals surface area contributed by atoms with Gasteiger partial charge in [0.1, 0.15) is 5.69 Å². The van der Waals surface area contributed by atoms with Gasteiger partial charge in [-0.05, 0) is 60.2 Å². The van der Waals surface area contributed by atoms with Gasteiger partial charge in [-0.2, -0.15) is 4.31 Å². The van der Waals surface area contributed by atoms with Crippen molar-refractivity contribution in [2.75, 3.05) is 42.5 Å². The molecule has 0 bridgehead atoms. The lowest BCUT2D eigenvalue weighted by Crippen LogP contribution is -2.49. The number of aromatic nitrogens is 2. The summed E-state index contributed by atoms with van der Waals surface area (Å²) in [5, 5.41) is 10.7. The molecule has 33 heavy (non-hydrogen) atoms. The summed E-state index contributed by atoms with van der Waals surface area (Å²) in [5.74, 6) is 0.736. The van der Waals surface area contributed by atoms with E-state index in [-0.39, 0.29) is 5.91 Å². The minimum atomic E-state index is -3.61. The number of piperazine rings is 1. The minimum absolute atomic E-state index is 0.0193. The fourth-order valence-electron chi connectivity index (χ4n) is 4.42. The molecule has 1 amide bonds. The largest absolute Gasteiger partial charge is 0.352 e. The Bertz CT molecular complexity index is 1250. The number of nitrogens with zero attached hydrogens (tertiary/aromatic N) is 5. The number of amides is 1. The zero-order valence-electron chi connectivity index (χ0n) is 18.3. The normalized spacial score (nSPS) is 17.1. The van der Waals surface area contributed by atoms with Crippen LogP contribution in [0.15, 0.2) is 52.7 Å². The molecule has 8 nitrogen and oxygen atoms in total. The van der Waals surface area contributed by atoms with Crippen molar-refractivity contribution >= 4 is 38.8 Å². The second-order valence-electron chi connectivity index (χ2n) is 8.21. The van der Waals surface area contributed by atoms with Crippen LogP contribution in [0.5, 0.6) is 0 Å². The number of thiophene rings is 1. The number of benzene rings is 1. The van der Waals surface area contributed by atoms with Gasteiger partial charge < -0.3 is 9.80 Å². The van der Waals surface area contributed by atoms with Gasteiger partial charge in [-0.1, -0.05) is 6.07 Å². The summed E-state index contributed by atoms with van der Waals surface area (Å²) < 4.78 is 28.1. The van der Waals surface area contributed by atoms with E-state index >= 15 is 0 Å². The van der Waals surface area contributed by atoms with E-state index in [0.29, 0.717) is 37.6 Å². The van der Waals surface area contributed by atoms with E-state index in [0.717, 1.165) is 40.5 Å². The van der Waals surface area contributed by atoms with Crippen molar-refractivity contribution in [2.45, 2.75) is 24.7 Å². The molecule has 0 atom stereocenters. The Morgan fingerprint density at radius 2 is 1.82 bits per heavy atom. The summed E-state index contributed by atoms with van der Waals surface area (Å²) >= 11 is 1.62. The Balaban J connectivity index is 1.28. The molecule has 0 N–H and O–H groups in total. The third-order valence-electron chi connectivity index (χ3n) is 6.17. The van der Waals surface area contributed by atoms with Gasteiger partial charge in [0.2, 0.25) is 15.9 Å². The van der Waals surface area contributed by atoms with Crippen LogP contribution in [0.25, 0.3) is 10.6 Å². The first kappa shape index (κ1) is 22.0. The Labute approximate surface area is 197 Å². The summed E-state index contributed by atoms with van der Waals surface area (Å²) in [7, 11) is -3.61. The predicted octanol–water partition coefficient (Wildman–Crippen LogP) is 3.02. The maximum absolute atomic E-state index is 13.3. The molecule has 2 aromatic heterocycles. The zero-order valence-corrected chi connectivity index (χ0v) is 20.0. The average Bonchev–Trinajstić information content (AvgIpc) is 3.38. The van der Waals surface area contributed by atoms with Crippen LogP contribution in [0, 0.1) is 0 Å². The quantitative estimate of drug-likeness (QED) is 0.567. The van der Waals surface area contributed by atoms with E-state index in [1.54, 1.807) is 41.4 Å². The molecule has 2 aliphatic heterocycles. The molecule has 5 rings (SSSR count). The molecule has 10 heteroatoms. The van der Waals surface area contributed by atoms with Gasteiger partial charge in [-0.15, -0.1) is 21.5 Å². The minimum Gasteiger partial charge on any atom is -0.352 e. The van der Waals surface area contributed by atoms with Gasteiger partial charge >= 0.3 is 0 Å². The smallest absolute Gasteiger partial charge is 0.243 e. The van der Waals surface area contributed by atoms with E-state index in [2.05, 4.69) is 15.1 Å². The van der Waals surface area contributed by atoms with Gasteiger partial charge in [-0.25, -0.2) is 8.42 Å². The first-order valence-electron chi connectivity index (χ1n) is 11.0. The van der Waals surface area contributed by atoms with Crippen molar-refractivity contribution in [3.8, 4) is 10.6 Å². The van der Waals surface area contributed by atoms with Crippen LogP contribution in [0.4, 0.5) is 11.5 Å². The van der Waals surface area contributed by atoms with Crippen molar-refractivity contribution in [1.29, 1.82) is 0 Å². The van der Waals surface area contributed by atoms with Crippen LogP contribution in [0.2, 0.25) is 0 Å². The number of hydrogen-bond acceptors (Lipinski definition) is 7. The number of sulfonamides is 1. The lowest BCUT2D eigenvalue weighted by Gasteiger charge is -2.35. The molecule has 0 aliphatic carbocycles. The predicted molar refractivity (Wildman–Crippen MR) is 129 cm³/mol. The molecule has 3 aromatic rings. The van der Waals surface area contributed by atoms with Crippen LogP contribution in [0.1, 0.15) is 18.9 Å². The highest BCUT2D eigenvalue weighted by molar-refractivity contribution is 7.89. The molecule has 1 fully saturated rings. The zero-order chi connectivity index (χ0) is 23.0. The SMILES string of the molecule is CC(=O)N1CCCc2cc(S(=O)(=O)N3CCN(c4ccc(-c5cccs5)nn4)CC3)ccc21. The number of carbonyl (C=O) groups excluding carboxylic acids is 1. The van der Waals surface area contributed by atoms with Gasteiger partial charge in [0.15, 0.2) is 5.82 Å².